The molecule has 2 aromatic heterocycles. The third kappa shape index (κ3) is 5.92. The molecule has 182 valence electrons. The number of halogens is 3. The van der Waals surface area contributed by atoms with Crippen LogP contribution in [0.1, 0.15) is 32.9 Å². The van der Waals surface area contributed by atoms with Crippen molar-refractivity contribution in [1.82, 2.24) is 15.1 Å². The molecule has 0 aliphatic rings. The highest BCUT2D eigenvalue weighted by Crippen LogP contribution is 2.33. The van der Waals surface area contributed by atoms with Gasteiger partial charge in [-0.3, -0.25) is 9.78 Å². The van der Waals surface area contributed by atoms with E-state index in [0.29, 0.717) is 23.4 Å². The number of carbonyl (C=O) groups is 1. The number of hydrogen-bond acceptors (Lipinski definition) is 7. The third-order valence-corrected chi connectivity index (χ3v) is 5.23. The van der Waals surface area contributed by atoms with Crippen LogP contribution in [0.25, 0.3) is 33.6 Å². The maximum absolute atomic E-state index is 12.5. The van der Waals surface area contributed by atoms with Crippen LogP contribution in [0.15, 0.2) is 53.2 Å². The van der Waals surface area contributed by atoms with Gasteiger partial charge in [0, 0.05) is 34.8 Å². The average molecular weight is 502 g/mol. The average Bonchev–Trinajstić information content (AvgIpc) is 3.27. The number of fused-ring (bicyclic) bond motifs is 1. The maximum Gasteiger partial charge on any atom is 0.387 e. The number of alkyl halides is 2. The molecular formula is C25H22ClF2N3O4. The van der Waals surface area contributed by atoms with Crippen LogP contribution in [-0.2, 0) is 16.0 Å². The zero-order valence-electron chi connectivity index (χ0n) is 19.2. The van der Waals surface area contributed by atoms with E-state index in [0.717, 1.165) is 16.5 Å². The normalized spacial score (nSPS) is 11.7. The van der Waals surface area contributed by atoms with Gasteiger partial charge in [-0.25, -0.2) is 0 Å². The fourth-order valence-corrected chi connectivity index (χ4v) is 3.78. The first-order chi connectivity index (χ1) is 16.6. The molecule has 0 unspecified atom stereocenters. The number of benzene rings is 2. The van der Waals surface area contributed by atoms with E-state index >= 15 is 0 Å². The fraction of sp³-hybridized carbons (Fsp3) is 0.280. The molecule has 7 nitrogen and oxygen atoms in total. The monoisotopic (exact) mass is 501 g/mol. The summed E-state index contributed by atoms with van der Waals surface area (Å²) in [5.74, 6) is 0.0603. The number of hydrogen-bond donors (Lipinski definition) is 0. The third-order valence-electron chi connectivity index (χ3n) is 4.94. The molecule has 0 atom stereocenters. The Morgan fingerprint density at radius 1 is 1.14 bits per heavy atom. The Bertz CT molecular complexity index is 1370. The first-order valence-corrected chi connectivity index (χ1v) is 11.2. The molecule has 2 aromatic carbocycles. The quantitative estimate of drug-likeness (QED) is 0.268. The van der Waals surface area contributed by atoms with Gasteiger partial charge in [-0.1, -0.05) is 35.0 Å². The standard InChI is InChI=1S/C25H22ClF2N3O4/c1-25(2,3)34-21(32)10-8-19-16-5-4-6-17(15(16)11-12-29-19)22-30-23(35-31-22)14-7-9-20(18(26)13-14)33-24(27)28/h4-7,9,11-13,24H,8,10H2,1-3H3. The summed E-state index contributed by atoms with van der Waals surface area (Å²) in [7, 11) is 0. The van der Waals surface area contributed by atoms with Gasteiger partial charge in [0.05, 0.1) is 11.4 Å². The van der Waals surface area contributed by atoms with Crippen molar-refractivity contribution in [2.24, 2.45) is 0 Å². The molecule has 0 aliphatic heterocycles. The highest BCUT2D eigenvalue weighted by Gasteiger charge is 2.19. The van der Waals surface area contributed by atoms with Crippen LogP contribution < -0.4 is 4.74 Å². The van der Waals surface area contributed by atoms with E-state index in [4.69, 9.17) is 20.9 Å². The summed E-state index contributed by atoms with van der Waals surface area (Å²) in [5.41, 5.74) is 1.37. The van der Waals surface area contributed by atoms with Gasteiger partial charge in [-0.2, -0.15) is 13.8 Å². The van der Waals surface area contributed by atoms with Crippen LogP contribution in [0, 0.1) is 0 Å². The summed E-state index contributed by atoms with van der Waals surface area (Å²) >= 11 is 6.04. The Labute approximate surface area is 205 Å². The summed E-state index contributed by atoms with van der Waals surface area (Å²) in [6.45, 7) is 2.49. The Hall–Kier alpha value is -3.59. The Morgan fingerprint density at radius 3 is 2.66 bits per heavy atom. The van der Waals surface area contributed by atoms with E-state index in [1.54, 1.807) is 6.20 Å². The van der Waals surface area contributed by atoms with Crippen LogP contribution in [0.5, 0.6) is 5.75 Å². The van der Waals surface area contributed by atoms with Gasteiger partial charge in [0.25, 0.3) is 5.89 Å². The SMILES string of the molecule is CC(C)(C)OC(=O)CCc1nccc2c(-c3noc(-c4ccc(OC(F)F)c(Cl)c4)n3)cccc12. The van der Waals surface area contributed by atoms with Gasteiger partial charge in [0.15, 0.2) is 0 Å². The summed E-state index contributed by atoms with van der Waals surface area (Å²) in [4.78, 5) is 21.1. The first-order valence-electron chi connectivity index (χ1n) is 10.8. The van der Waals surface area contributed by atoms with Crippen molar-refractivity contribution in [3.8, 4) is 28.6 Å². The predicted molar refractivity (Wildman–Crippen MR) is 126 cm³/mol. The van der Waals surface area contributed by atoms with Crippen molar-refractivity contribution in [3.63, 3.8) is 0 Å². The number of aryl methyl sites for hydroxylation is 1. The Balaban J connectivity index is 1.60. The molecule has 0 saturated carbocycles. The van der Waals surface area contributed by atoms with E-state index in [9.17, 15) is 13.6 Å². The summed E-state index contributed by atoms with van der Waals surface area (Å²) in [5, 5.41) is 5.77. The van der Waals surface area contributed by atoms with Crippen molar-refractivity contribution >= 4 is 28.3 Å². The molecule has 10 heteroatoms. The largest absolute Gasteiger partial charge is 0.460 e. The summed E-state index contributed by atoms with van der Waals surface area (Å²) < 4.78 is 40.1. The van der Waals surface area contributed by atoms with E-state index in [1.807, 2.05) is 45.0 Å². The molecule has 35 heavy (non-hydrogen) atoms. The Morgan fingerprint density at radius 2 is 1.94 bits per heavy atom. The molecule has 0 fully saturated rings. The lowest BCUT2D eigenvalue weighted by atomic mass is 10.0. The number of pyridine rings is 1. The molecule has 4 aromatic rings. The molecular weight excluding hydrogens is 480 g/mol. The number of rotatable bonds is 7. The van der Waals surface area contributed by atoms with Crippen LogP contribution in [0.3, 0.4) is 0 Å². The number of esters is 1. The topological polar surface area (TPSA) is 87.3 Å². The zero-order chi connectivity index (χ0) is 25.2. The van der Waals surface area contributed by atoms with Gasteiger partial charge in [0.2, 0.25) is 5.82 Å². The van der Waals surface area contributed by atoms with Crippen LogP contribution in [0.2, 0.25) is 5.02 Å². The van der Waals surface area contributed by atoms with Crippen molar-refractivity contribution in [3.05, 3.63) is 59.4 Å². The molecule has 0 radical (unpaired) electrons. The van der Waals surface area contributed by atoms with Gasteiger partial charge in [-0.05, 0) is 50.4 Å². The zero-order valence-corrected chi connectivity index (χ0v) is 20.0. The van der Waals surface area contributed by atoms with Crippen molar-refractivity contribution in [2.45, 2.75) is 45.8 Å². The predicted octanol–water partition coefficient (Wildman–Crippen LogP) is 6.48. The smallest absolute Gasteiger partial charge is 0.387 e. The van der Waals surface area contributed by atoms with Gasteiger partial charge in [0.1, 0.15) is 11.4 Å². The van der Waals surface area contributed by atoms with Crippen molar-refractivity contribution in [1.29, 1.82) is 0 Å². The van der Waals surface area contributed by atoms with Crippen LogP contribution >= 0.6 is 11.6 Å². The molecule has 2 heterocycles. The molecule has 0 bridgehead atoms. The number of ether oxygens (including phenoxy) is 2. The van der Waals surface area contributed by atoms with Crippen molar-refractivity contribution < 1.29 is 27.6 Å². The number of aromatic nitrogens is 3. The highest BCUT2D eigenvalue weighted by molar-refractivity contribution is 6.32. The molecule has 0 spiro atoms. The minimum absolute atomic E-state index is 0.00610. The summed E-state index contributed by atoms with van der Waals surface area (Å²) in [6, 6.07) is 11.7. The lowest BCUT2D eigenvalue weighted by Gasteiger charge is -2.19. The van der Waals surface area contributed by atoms with Crippen LogP contribution in [-0.4, -0.2) is 33.3 Å². The fourth-order valence-electron chi connectivity index (χ4n) is 3.55. The van der Waals surface area contributed by atoms with E-state index in [-0.39, 0.29) is 29.1 Å². The lowest BCUT2D eigenvalue weighted by Crippen LogP contribution is -2.24. The van der Waals surface area contributed by atoms with E-state index in [1.165, 1.54) is 18.2 Å². The first kappa shape index (κ1) is 24.5. The molecule has 0 N–H and O–H groups in total. The Kier molecular flexibility index (Phi) is 6.98. The second-order valence-electron chi connectivity index (χ2n) is 8.69. The maximum atomic E-state index is 12.5. The van der Waals surface area contributed by atoms with Crippen LogP contribution in [0.4, 0.5) is 8.78 Å². The van der Waals surface area contributed by atoms with Crippen molar-refractivity contribution in [2.75, 3.05) is 0 Å². The molecule has 4 rings (SSSR count). The molecule has 0 aliphatic carbocycles. The minimum Gasteiger partial charge on any atom is -0.460 e. The lowest BCUT2D eigenvalue weighted by molar-refractivity contribution is -0.154. The second-order valence-corrected chi connectivity index (χ2v) is 9.10. The van der Waals surface area contributed by atoms with Gasteiger partial charge >= 0.3 is 12.6 Å². The van der Waals surface area contributed by atoms with Gasteiger partial charge < -0.3 is 14.0 Å². The minimum atomic E-state index is -2.98. The molecule has 0 saturated heterocycles. The number of nitrogens with zero attached hydrogens (tertiary/aromatic N) is 3. The second kappa shape index (κ2) is 9.95. The molecule has 0 amide bonds. The van der Waals surface area contributed by atoms with Gasteiger partial charge in [-0.15, -0.1) is 0 Å². The van der Waals surface area contributed by atoms with E-state index < -0.39 is 12.2 Å². The summed E-state index contributed by atoms with van der Waals surface area (Å²) in [6.07, 6.45) is 2.28. The van der Waals surface area contributed by atoms with E-state index in [2.05, 4.69) is 19.9 Å². The number of carbonyl (C=O) groups excluding carboxylic acids is 1. The highest BCUT2D eigenvalue weighted by atomic mass is 35.5.